The lowest BCUT2D eigenvalue weighted by Crippen LogP contribution is -2.25. The summed E-state index contributed by atoms with van der Waals surface area (Å²) in [5.74, 6) is 0.943. The molecule has 0 bridgehead atoms. The van der Waals surface area contributed by atoms with E-state index in [0.29, 0.717) is 12.5 Å². The third-order valence-corrected chi connectivity index (χ3v) is 2.95. The van der Waals surface area contributed by atoms with Gasteiger partial charge in [0.25, 0.3) is 0 Å². The number of hydrogen-bond donors (Lipinski definition) is 2. The Kier molecular flexibility index (Phi) is 2.62. The number of benzene rings is 1. The Bertz CT molecular complexity index is 376. The second-order valence-electron chi connectivity index (χ2n) is 4.24. The Hall–Kier alpha value is -1.51. The second kappa shape index (κ2) is 3.93. The molecule has 1 aliphatic rings. The van der Waals surface area contributed by atoms with Crippen LogP contribution < -0.4 is 11.1 Å². The first-order chi connectivity index (χ1) is 7.18. The molecule has 15 heavy (non-hydrogen) atoms. The Labute approximate surface area is 89.7 Å². The summed E-state index contributed by atoms with van der Waals surface area (Å²) in [6, 6.07) is 7.61. The molecule has 1 aromatic carbocycles. The zero-order chi connectivity index (χ0) is 10.8. The summed E-state index contributed by atoms with van der Waals surface area (Å²) in [5.41, 5.74) is 7.50. The van der Waals surface area contributed by atoms with Gasteiger partial charge in [0, 0.05) is 18.2 Å². The Morgan fingerprint density at radius 1 is 1.53 bits per heavy atom. The van der Waals surface area contributed by atoms with Gasteiger partial charge in [-0.25, -0.2) is 0 Å². The third-order valence-electron chi connectivity index (χ3n) is 2.95. The van der Waals surface area contributed by atoms with Crippen LogP contribution in [0.5, 0.6) is 0 Å². The van der Waals surface area contributed by atoms with Crippen molar-refractivity contribution in [2.24, 2.45) is 11.8 Å². The lowest BCUT2D eigenvalue weighted by atomic mass is 10.2. The number of hydrogen-bond acceptors (Lipinski definition) is 2. The summed E-state index contributed by atoms with van der Waals surface area (Å²) < 4.78 is 0. The van der Waals surface area contributed by atoms with Crippen LogP contribution in [0.4, 0.5) is 5.69 Å². The predicted molar refractivity (Wildman–Crippen MR) is 60.0 cm³/mol. The number of nitrogens with one attached hydrogen (secondary N) is 1. The van der Waals surface area contributed by atoms with Gasteiger partial charge in [0.05, 0.1) is 0 Å². The quantitative estimate of drug-likeness (QED) is 0.734. The van der Waals surface area contributed by atoms with Crippen molar-refractivity contribution in [2.45, 2.75) is 19.9 Å². The average Bonchev–Trinajstić information content (AvgIpc) is 2.94. The van der Waals surface area contributed by atoms with Gasteiger partial charge >= 0.3 is 0 Å². The number of para-hydroxylation sites is 1. The van der Waals surface area contributed by atoms with Crippen LogP contribution in [-0.2, 0) is 11.3 Å². The molecule has 1 fully saturated rings. The van der Waals surface area contributed by atoms with Gasteiger partial charge in [0.15, 0.2) is 0 Å². The fraction of sp³-hybridized carbons (Fsp3) is 0.417. The fourth-order valence-corrected chi connectivity index (χ4v) is 1.70. The highest BCUT2D eigenvalue weighted by molar-refractivity contribution is 5.81. The summed E-state index contributed by atoms with van der Waals surface area (Å²) in [5, 5.41) is 2.91. The molecule has 80 valence electrons. The molecule has 0 heterocycles. The Morgan fingerprint density at radius 2 is 2.20 bits per heavy atom. The molecule has 1 saturated carbocycles. The first kappa shape index (κ1) is 10.0. The van der Waals surface area contributed by atoms with E-state index in [9.17, 15) is 4.79 Å². The fourth-order valence-electron chi connectivity index (χ4n) is 1.70. The second-order valence-corrected chi connectivity index (χ2v) is 4.24. The minimum atomic E-state index is 0.158. The summed E-state index contributed by atoms with van der Waals surface area (Å²) in [4.78, 5) is 11.5. The van der Waals surface area contributed by atoms with Gasteiger partial charge in [-0.05, 0) is 24.0 Å². The summed E-state index contributed by atoms with van der Waals surface area (Å²) in [6.45, 7) is 2.63. The van der Waals surface area contributed by atoms with Crippen molar-refractivity contribution in [2.75, 3.05) is 5.73 Å². The molecule has 2 atom stereocenters. The number of carbonyl (C=O) groups excluding carboxylic acids is 1. The molecule has 0 aromatic heterocycles. The number of carbonyl (C=O) groups is 1. The van der Waals surface area contributed by atoms with E-state index in [2.05, 4.69) is 12.2 Å². The average molecular weight is 204 g/mol. The van der Waals surface area contributed by atoms with E-state index in [1.54, 1.807) is 0 Å². The highest BCUT2D eigenvalue weighted by Gasteiger charge is 2.38. The van der Waals surface area contributed by atoms with E-state index in [1.807, 2.05) is 24.3 Å². The van der Waals surface area contributed by atoms with Crippen molar-refractivity contribution in [3.8, 4) is 0 Å². The maximum absolute atomic E-state index is 11.5. The van der Waals surface area contributed by atoms with Crippen LogP contribution in [0.3, 0.4) is 0 Å². The maximum atomic E-state index is 11.5. The summed E-state index contributed by atoms with van der Waals surface area (Å²) in [6.07, 6.45) is 1.02. The Balaban J connectivity index is 1.88. The molecule has 0 spiro atoms. The van der Waals surface area contributed by atoms with Gasteiger partial charge in [-0.1, -0.05) is 25.1 Å². The van der Waals surface area contributed by atoms with Crippen molar-refractivity contribution in [3.63, 3.8) is 0 Å². The monoisotopic (exact) mass is 204 g/mol. The van der Waals surface area contributed by atoms with E-state index in [-0.39, 0.29) is 11.8 Å². The van der Waals surface area contributed by atoms with E-state index in [4.69, 9.17) is 5.73 Å². The molecule has 2 unspecified atom stereocenters. The topological polar surface area (TPSA) is 55.1 Å². The number of rotatable bonds is 3. The van der Waals surface area contributed by atoms with Crippen LogP contribution in [0.1, 0.15) is 18.9 Å². The lowest BCUT2D eigenvalue weighted by Gasteiger charge is -2.06. The first-order valence-electron chi connectivity index (χ1n) is 5.29. The Morgan fingerprint density at radius 3 is 2.80 bits per heavy atom. The standard InChI is InChI=1S/C12H16N2O/c1-8-6-10(8)12(15)14-7-9-4-2-3-5-11(9)13/h2-5,8,10H,6-7,13H2,1H3,(H,14,15). The molecule has 2 rings (SSSR count). The molecular weight excluding hydrogens is 188 g/mol. The largest absolute Gasteiger partial charge is 0.398 e. The minimum absolute atomic E-state index is 0.158. The molecule has 0 radical (unpaired) electrons. The van der Waals surface area contributed by atoms with Gasteiger partial charge in [0.1, 0.15) is 0 Å². The summed E-state index contributed by atoms with van der Waals surface area (Å²) in [7, 11) is 0. The number of anilines is 1. The molecular formula is C12H16N2O. The zero-order valence-corrected chi connectivity index (χ0v) is 8.86. The maximum Gasteiger partial charge on any atom is 0.223 e. The van der Waals surface area contributed by atoms with Crippen molar-refractivity contribution < 1.29 is 4.79 Å². The molecule has 1 aliphatic carbocycles. The minimum Gasteiger partial charge on any atom is -0.398 e. The van der Waals surface area contributed by atoms with Gasteiger partial charge in [-0.2, -0.15) is 0 Å². The summed E-state index contributed by atoms with van der Waals surface area (Å²) >= 11 is 0. The number of nitrogen functional groups attached to an aromatic ring is 1. The van der Waals surface area contributed by atoms with Crippen molar-refractivity contribution in [1.29, 1.82) is 0 Å². The van der Waals surface area contributed by atoms with E-state index >= 15 is 0 Å². The first-order valence-corrected chi connectivity index (χ1v) is 5.29. The van der Waals surface area contributed by atoms with E-state index in [1.165, 1.54) is 0 Å². The van der Waals surface area contributed by atoms with E-state index in [0.717, 1.165) is 17.7 Å². The van der Waals surface area contributed by atoms with Crippen LogP contribution in [0, 0.1) is 11.8 Å². The van der Waals surface area contributed by atoms with Crippen LogP contribution in [0.2, 0.25) is 0 Å². The smallest absolute Gasteiger partial charge is 0.223 e. The predicted octanol–water partition coefficient (Wildman–Crippen LogP) is 1.54. The van der Waals surface area contributed by atoms with Gasteiger partial charge in [0.2, 0.25) is 5.91 Å². The van der Waals surface area contributed by atoms with Gasteiger partial charge in [-0.15, -0.1) is 0 Å². The highest BCUT2D eigenvalue weighted by Crippen LogP contribution is 2.37. The van der Waals surface area contributed by atoms with Crippen molar-refractivity contribution >= 4 is 11.6 Å². The molecule has 3 nitrogen and oxygen atoms in total. The van der Waals surface area contributed by atoms with Crippen LogP contribution in [-0.4, -0.2) is 5.91 Å². The molecule has 0 saturated heterocycles. The van der Waals surface area contributed by atoms with Crippen LogP contribution in [0.15, 0.2) is 24.3 Å². The van der Waals surface area contributed by atoms with Crippen LogP contribution in [0.25, 0.3) is 0 Å². The number of nitrogens with two attached hydrogens (primary N) is 1. The van der Waals surface area contributed by atoms with E-state index < -0.39 is 0 Å². The highest BCUT2D eigenvalue weighted by atomic mass is 16.2. The number of amides is 1. The molecule has 1 aromatic rings. The van der Waals surface area contributed by atoms with Crippen molar-refractivity contribution in [1.82, 2.24) is 5.32 Å². The molecule has 0 aliphatic heterocycles. The normalized spacial score (nSPS) is 23.5. The molecule has 3 heteroatoms. The molecule has 3 N–H and O–H groups in total. The molecule has 1 amide bonds. The SMILES string of the molecule is CC1CC1C(=O)NCc1ccccc1N. The van der Waals surface area contributed by atoms with Crippen LogP contribution >= 0.6 is 0 Å². The van der Waals surface area contributed by atoms with Crippen molar-refractivity contribution in [3.05, 3.63) is 29.8 Å². The van der Waals surface area contributed by atoms with Gasteiger partial charge in [-0.3, -0.25) is 4.79 Å². The lowest BCUT2D eigenvalue weighted by molar-refractivity contribution is -0.122. The third kappa shape index (κ3) is 2.29. The van der Waals surface area contributed by atoms with Gasteiger partial charge < -0.3 is 11.1 Å². The zero-order valence-electron chi connectivity index (χ0n) is 8.86.